The summed E-state index contributed by atoms with van der Waals surface area (Å²) < 4.78 is 75.7. The van der Waals surface area contributed by atoms with E-state index < -0.39 is 67.2 Å². The average molecular weight is 1140 g/mol. The van der Waals surface area contributed by atoms with Crippen LogP contribution in [0.3, 0.4) is 0 Å². The van der Waals surface area contributed by atoms with Crippen molar-refractivity contribution in [3.63, 3.8) is 0 Å². The first-order chi connectivity index (χ1) is 37.3. The van der Waals surface area contributed by atoms with E-state index in [-0.39, 0.29) is 56.1 Å². The van der Waals surface area contributed by atoms with E-state index in [0.29, 0.717) is 49.2 Å². The van der Waals surface area contributed by atoms with E-state index in [0.717, 1.165) is 43.6 Å². The molecule has 426 valence electrons. The lowest BCUT2D eigenvalue weighted by Gasteiger charge is -2.37. The Morgan fingerprint density at radius 3 is 2.30 bits per heavy atom. The van der Waals surface area contributed by atoms with Crippen LogP contribution in [0.2, 0.25) is 0 Å². The molecule has 23 nitrogen and oxygen atoms in total. The number of nitrogens with two attached hydrogens (primary N) is 2. The molecular weight excluding hydrogens is 1070 g/mol. The Balaban J connectivity index is 0.00000903. The van der Waals surface area contributed by atoms with Crippen LogP contribution >= 0.6 is 7.82 Å². The molecule has 2 aliphatic rings. The second-order valence-electron chi connectivity index (χ2n) is 19.4. The number of hydrogen-bond donors (Lipinski definition) is 4. The van der Waals surface area contributed by atoms with Crippen molar-refractivity contribution in [1.82, 2.24) is 29.1 Å². The number of carbonyl (C=O) groups excluding carboxylic acids is 2. The van der Waals surface area contributed by atoms with Crippen molar-refractivity contribution in [3.8, 4) is 11.4 Å². The number of halogens is 3. The monoisotopic (exact) mass is 1140 g/mol. The van der Waals surface area contributed by atoms with Crippen LogP contribution < -0.4 is 53.6 Å². The Labute approximate surface area is 461 Å². The third-order valence-electron chi connectivity index (χ3n) is 13.9. The first kappa shape index (κ1) is 59.8. The number of pyridine rings is 1. The maximum absolute atomic E-state index is 15.7. The minimum Gasteiger partial charge on any atom is -1.00 e. The van der Waals surface area contributed by atoms with Gasteiger partial charge < -0.3 is 62.4 Å². The summed E-state index contributed by atoms with van der Waals surface area (Å²) in [6.45, 7) is 8.65. The van der Waals surface area contributed by atoms with Crippen molar-refractivity contribution >= 4 is 37.1 Å². The zero-order valence-electron chi connectivity index (χ0n) is 44.2. The quantitative estimate of drug-likeness (QED) is 0.0405. The highest BCUT2D eigenvalue weighted by atomic mass is 35.5. The molecule has 2 aliphatic heterocycles. The zero-order chi connectivity index (χ0) is 55.7. The number of phosphoric ester groups is 1. The van der Waals surface area contributed by atoms with E-state index in [1.165, 1.54) is 59.1 Å². The van der Waals surface area contributed by atoms with Crippen LogP contribution in [0.15, 0.2) is 109 Å². The summed E-state index contributed by atoms with van der Waals surface area (Å²) in [4.78, 5) is 67.8. The number of carbonyl (C=O) groups is 2. The number of esters is 1. The SMILES string of the molecule is CC[C@@H]([C@H](C)OP(=O)(O)O)n1ncn(-c2ccc(N3CCN(c4ccc(OC[C@@H]5CO[C@@](Cn6c[n+](C(C)OC(=O)N(C)c7ncccc7COC(=O)[C@@H](N)CCCN)cn6)(c6ccc(F)cc6F)C5)cc4)CC3)cc2)c1=O.[Cl-]. The zero-order valence-corrected chi connectivity index (χ0v) is 45.8. The van der Waals surface area contributed by atoms with Crippen molar-refractivity contribution in [3.05, 3.63) is 137 Å². The molecule has 0 spiro atoms. The number of amides is 1. The lowest BCUT2D eigenvalue weighted by molar-refractivity contribution is -0.753. The maximum atomic E-state index is 15.7. The normalized spacial score (nSPS) is 18.1. The molecule has 0 aliphatic carbocycles. The molecule has 6 N–H and O–H groups in total. The fraction of sp³-hybridized carbons (Fsp3) is 0.442. The predicted octanol–water partition coefficient (Wildman–Crippen LogP) is 1.88. The van der Waals surface area contributed by atoms with Gasteiger partial charge in [-0.1, -0.05) is 19.1 Å². The van der Waals surface area contributed by atoms with Crippen molar-refractivity contribution in [1.29, 1.82) is 0 Å². The van der Waals surface area contributed by atoms with Crippen LogP contribution in [0.4, 0.5) is 30.8 Å². The Kier molecular flexibility index (Phi) is 20.0. The highest BCUT2D eigenvalue weighted by Crippen LogP contribution is 2.43. The fourth-order valence-corrected chi connectivity index (χ4v) is 10.3. The molecular formula is C52H66ClF2N12O11P. The van der Waals surface area contributed by atoms with E-state index in [1.54, 1.807) is 41.6 Å². The summed E-state index contributed by atoms with van der Waals surface area (Å²) in [5.41, 5.74) is 13.0. The van der Waals surface area contributed by atoms with Gasteiger partial charge in [-0.05, 0) is 99.8 Å². The van der Waals surface area contributed by atoms with Crippen LogP contribution in [0.25, 0.3) is 5.69 Å². The molecule has 0 bridgehead atoms. The van der Waals surface area contributed by atoms with Crippen molar-refractivity contribution in [2.75, 3.05) is 67.7 Å². The molecule has 27 heteroatoms. The number of nitrogens with zero attached hydrogens (tertiary/aromatic N) is 10. The molecule has 2 saturated heterocycles. The molecule has 1 amide bonds. The van der Waals surface area contributed by atoms with Gasteiger partial charge in [0.15, 0.2) is 0 Å². The summed E-state index contributed by atoms with van der Waals surface area (Å²) in [5.74, 6) is -1.41. The summed E-state index contributed by atoms with van der Waals surface area (Å²) in [6.07, 6.45) is 4.98. The number of hydrogen-bond acceptors (Lipinski definition) is 16. The summed E-state index contributed by atoms with van der Waals surface area (Å²) in [7, 11) is -3.29. The van der Waals surface area contributed by atoms with Gasteiger partial charge in [0.25, 0.3) is 6.33 Å². The van der Waals surface area contributed by atoms with Gasteiger partial charge in [0.05, 0.1) is 31.0 Å². The van der Waals surface area contributed by atoms with E-state index >= 15 is 4.39 Å². The Morgan fingerprint density at radius 2 is 1.66 bits per heavy atom. The molecule has 3 aromatic carbocycles. The summed E-state index contributed by atoms with van der Waals surface area (Å²) in [6, 6.07) is 20.6. The number of piperazine rings is 1. The fourth-order valence-electron chi connectivity index (χ4n) is 9.74. The van der Waals surface area contributed by atoms with Crippen LogP contribution in [-0.4, -0.2) is 116 Å². The number of aromatic nitrogens is 7. The Bertz CT molecular complexity index is 3110. The molecule has 6 aromatic rings. The van der Waals surface area contributed by atoms with Gasteiger partial charge in [-0.3, -0.25) is 14.2 Å². The molecule has 8 rings (SSSR count). The Hall–Kier alpha value is -6.83. The Morgan fingerprint density at radius 1 is 0.987 bits per heavy atom. The van der Waals surface area contributed by atoms with E-state index in [1.807, 2.05) is 48.5 Å². The highest BCUT2D eigenvalue weighted by molar-refractivity contribution is 7.46. The molecule has 3 aromatic heterocycles. The van der Waals surface area contributed by atoms with Gasteiger partial charge >= 0.3 is 25.6 Å². The number of anilines is 3. The second kappa shape index (κ2) is 26.4. The van der Waals surface area contributed by atoms with Gasteiger partial charge in [0, 0.05) is 85.9 Å². The first-order valence-electron chi connectivity index (χ1n) is 25.6. The summed E-state index contributed by atoms with van der Waals surface area (Å²) >= 11 is 0. The third kappa shape index (κ3) is 14.7. The number of phosphoric acid groups is 1. The van der Waals surface area contributed by atoms with Gasteiger partial charge in [0.1, 0.15) is 54.3 Å². The maximum Gasteiger partial charge on any atom is 0.469 e. The van der Waals surface area contributed by atoms with E-state index in [4.69, 9.17) is 34.9 Å². The van der Waals surface area contributed by atoms with Gasteiger partial charge in [-0.25, -0.2) is 37.2 Å². The lowest BCUT2D eigenvalue weighted by Crippen LogP contribution is -3.00. The van der Waals surface area contributed by atoms with Crippen molar-refractivity contribution < 1.29 is 73.2 Å². The molecule has 0 radical (unpaired) electrons. The lowest BCUT2D eigenvalue weighted by atomic mass is 9.87. The number of benzene rings is 3. The molecule has 1 unspecified atom stereocenters. The van der Waals surface area contributed by atoms with Gasteiger partial charge in [-0.2, -0.15) is 9.67 Å². The second-order valence-corrected chi connectivity index (χ2v) is 20.6. The topological polar surface area (TPSA) is 274 Å². The smallest absolute Gasteiger partial charge is 0.469 e. The van der Waals surface area contributed by atoms with Crippen LogP contribution in [0.5, 0.6) is 5.75 Å². The predicted molar refractivity (Wildman–Crippen MR) is 281 cm³/mol. The standard InChI is InChI=1S/C52H65F2N12O11P.ClH/c1-5-47(35(2)77-78(70,71)72)66-50(68)65(33-59-66)42-13-11-40(12-14-42)61-22-24-62(25-23-61)41-15-17-43(18-16-41)73-28-37-27-52(75-29-37,44-19-10-39(53)26-45(44)54)31-64-34-63(32-58-64)36(3)76-51(69)60(4)48-38(8-7-21-57-48)30-74-49(67)46(56)9-6-20-55;/h7-8,10-19,21,26,32-37,46-47H,5-6,9,20,22-25,27-31,55-56H2,1-4H3,(H-,70,71,72);1H/t35-,36?,37+,46-,47-,52-;/m0./s1. The van der Waals surface area contributed by atoms with Crippen LogP contribution in [-0.2, 0) is 46.8 Å². The third-order valence-corrected chi connectivity index (χ3v) is 14.5. The summed E-state index contributed by atoms with van der Waals surface area (Å²) in [5, 5.41) is 8.71. The molecule has 0 saturated carbocycles. The molecule has 6 atom stereocenters. The highest BCUT2D eigenvalue weighted by Gasteiger charge is 2.46. The average Bonchev–Trinajstić information content (AvgIpc) is 4.21. The van der Waals surface area contributed by atoms with E-state index in [9.17, 15) is 33.1 Å². The van der Waals surface area contributed by atoms with Gasteiger partial charge in [0.2, 0.25) is 12.6 Å². The van der Waals surface area contributed by atoms with Crippen molar-refractivity contribution in [2.24, 2.45) is 17.4 Å². The molecule has 2 fully saturated rings. The molecule has 79 heavy (non-hydrogen) atoms. The largest absolute Gasteiger partial charge is 1.00 e. The van der Waals surface area contributed by atoms with Crippen molar-refractivity contribution in [2.45, 2.75) is 89.6 Å². The number of rotatable bonds is 23. The van der Waals surface area contributed by atoms with Crippen LogP contribution in [0, 0.1) is 17.6 Å². The van der Waals surface area contributed by atoms with E-state index in [2.05, 4.69) is 25.0 Å². The first-order valence-corrected chi connectivity index (χ1v) is 27.1. The minimum absolute atomic E-state index is 0. The minimum atomic E-state index is -4.76. The molecule has 5 heterocycles. The van der Waals surface area contributed by atoms with Gasteiger partial charge in [-0.15, -0.1) is 4.68 Å². The van der Waals surface area contributed by atoms with Crippen LogP contribution in [0.1, 0.15) is 69.9 Å². The number of ether oxygens (including phenoxy) is 4.